The van der Waals surface area contributed by atoms with Gasteiger partial charge in [-0.05, 0) is 48.2 Å². The van der Waals surface area contributed by atoms with Crippen molar-refractivity contribution in [2.45, 2.75) is 37.9 Å². The van der Waals surface area contributed by atoms with Gasteiger partial charge in [0.05, 0.1) is 14.2 Å². The molecule has 2 aromatic carbocycles. The van der Waals surface area contributed by atoms with Crippen molar-refractivity contribution in [1.82, 2.24) is 0 Å². The van der Waals surface area contributed by atoms with Crippen molar-refractivity contribution < 1.29 is 19.7 Å². The van der Waals surface area contributed by atoms with Crippen LogP contribution >= 0.6 is 0 Å². The zero-order chi connectivity index (χ0) is 17.8. The quantitative estimate of drug-likeness (QED) is 0.816. The monoisotopic (exact) mass is 330 g/mol. The fourth-order valence-corrected chi connectivity index (χ4v) is 3.13. The molecule has 0 atom stereocenters. The molecule has 0 aliphatic carbocycles. The minimum Gasteiger partial charge on any atom is -0.497 e. The molecule has 0 saturated carbocycles. The lowest BCUT2D eigenvalue weighted by Crippen LogP contribution is -2.52. The third-order valence-electron chi connectivity index (χ3n) is 4.86. The molecule has 2 rings (SSSR count). The summed E-state index contributed by atoms with van der Waals surface area (Å²) >= 11 is 0. The second-order valence-corrected chi connectivity index (χ2v) is 5.91. The summed E-state index contributed by atoms with van der Waals surface area (Å²) in [6.07, 6.45) is 0.829. The molecule has 0 heterocycles. The first-order valence-corrected chi connectivity index (χ1v) is 8.19. The maximum atomic E-state index is 11.7. The molecular weight excluding hydrogens is 304 g/mol. The van der Waals surface area contributed by atoms with Gasteiger partial charge in [-0.25, -0.2) is 0 Å². The zero-order valence-electron chi connectivity index (χ0n) is 14.7. The molecule has 2 N–H and O–H groups in total. The first-order valence-electron chi connectivity index (χ1n) is 8.19. The van der Waals surface area contributed by atoms with Crippen LogP contribution < -0.4 is 9.47 Å². The van der Waals surface area contributed by atoms with E-state index in [2.05, 4.69) is 0 Å². The number of benzene rings is 2. The van der Waals surface area contributed by atoms with E-state index in [0.717, 1.165) is 0 Å². The van der Waals surface area contributed by atoms with E-state index >= 15 is 0 Å². The van der Waals surface area contributed by atoms with E-state index in [4.69, 9.17) is 9.47 Å². The zero-order valence-corrected chi connectivity index (χ0v) is 14.7. The van der Waals surface area contributed by atoms with Gasteiger partial charge in [0.1, 0.15) is 22.7 Å². The minimum atomic E-state index is -1.53. The fourth-order valence-electron chi connectivity index (χ4n) is 3.13. The molecular formula is C20H26O4. The highest BCUT2D eigenvalue weighted by atomic mass is 16.5. The minimum absolute atomic E-state index is 0.415. The van der Waals surface area contributed by atoms with Gasteiger partial charge in [0, 0.05) is 0 Å². The van der Waals surface area contributed by atoms with Gasteiger partial charge < -0.3 is 19.7 Å². The van der Waals surface area contributed by atoms with Crippen molar-refractivity contribution in [3.05, 3.63) is 59.7 Å². The molecule has 0 saturated heterocycles. The number of rotatable bonds is 7. The largest absolute Gasteiger partial charge is 0.497 e. The molecule has 0 aliphatic rings. The lowest BCUT2D eigenvalue weighted by atomic mass is 9.70. The van der Waals surface area contributed by atoms with Crippen LogP contribution in [0.5, 0.6) is 11.5 Å². The summed E-state index contributed by atoms with van der Waals surface area (Å²) < 4.78 is 10.4. The van der Waals surface area contributed by atoms with Crippen molar-refractivity contribution in [3.63, 3.8) is 0 Å². The highest BCUT2D eigenvalue weighted by Crippen LogP contribution is 2.44. The maximum Gasteiger partial charge on any atom is 0.143 e. The van der Waals surface area contributed by atoms with Gasteiger partial charge in [-0.3, -0.25) is 0 Å². The van der Waals surface area contributed by atoms with Crippen LogP contribution in [0.15, 0.2) is 48.5 Å². The predicted octanol–water partition coefficient (Wildman–Crippen LogP) is 3.49. The molecule has 0 spiro atoms. The molecule has 4 nitrogen and oxygen atoms in total. The highest BCUT2D eigenvalue weighted by molar-refractivity contribution is 5.43. The Morgan fingerprint density at radius 3 is 1.29 bits per heavy atom. The number of hydrogen-bond donors (Lipinski definition) is 2. The molecule has 0 unspecified atom stereocenters. The normalized spacial score (nSPS) is 12.1. The Labute approximate surface area is 143 Å². The fraction of sp³-hybridized carbons (Fsp3) is 0.400. The average Bonchev–Trinajstić information content (AvgIpc) is 2.66. The van der Waals surface area contributed by atoms with E-state index in [0.29, 0.717) is 35.5 Å². The van der Waals surface area contributed by atoms with E-state index in [1.165, 1.54) is 0 Å². The first kappa shape index (κ1) is 18.3. The van der Waals surface area contributed by atoms with E-state index in [1.54, 1.807) is 62.8 Å². The lowest BCUT2D eigenvalue weighted by molar-refractivity contribution is -0.137. The number of ether oxygens (including phenoxy) is 2. The van der Waals surface area contributed by atoms with Crippen molar-refractivity contribution in [3.8, 4) is 11.5 Å². The summed E-state index contributed by atoms with van der Waals surface area (Å²) in [7, 11) is 3.19. The molecule has 0 bridgehead atoms. The van der Waals surface area contributed by atoms with Crippen molar-refractivity contribution in [2.75, 3.05) is 14.2 Å². The van der Waals surface area contributed by atoms with E-state index in [-0.39, 0.29) is 0 Å². The average molecular weight is 330 g/mol. The van der Waals surface area contributed by atoms with Gasteiger partial charge in [-0.2, -0.15) is 0 Å². The van der Waals surface area contributed by atoms with Crippen molar-refractivity contribution in [2.24, 2.45) is 0 Å². The molecule has 0 fully saturated rings. The van der Waals surface area contributed by atoms with Crippen LogP contribution in [0.4, 0.5) is 0 Å². The lowest BCUT2D eigenvalue weighted by Gasteiger charge is -2.43. The Hall–Kier alpha value is -2.04. The van der Waals surface area contributed by atoms with Gasteiger partial charge in [0.25, 0.3) is 0 Å². The van der Waals surface area contributed by atoms with Gasteiger partial charge in [-0.1, -0.05) is 38.1 Å². The third-order valence-corrected chi connectivity index (χ3v) is 4.86. The van der Waals surface area contributed by atoms with Crippen molar-refractivity contribution >= 4 is 0 Å². The smallest absolute Gasteiger partial charge is 0.143 e. The van der Waals surface area contributed by atoms with Gasteiger partial charge in [0.15, 0.2) is 0 Å². The van der Waals surface area contributed by atoms with Crippen molar-refractivity contribution in [1.29, 1.82) is 0 Å². The molecule has 2 aromatic rings. The Morgan fingerprint density at radius 2 is 1.04 bits per heavy atom. The molecule has 130 valence electrons. The topological polar surface area (TPSA) is 58.9 Å². The standard InChI is InChI=1S/C20H26O4/c1-5-19(21,6-2)20(22,15-7-11-17(23-3)12-8-15)16-9-13-18(24-4)14-10-16/h7-14,21-22H,5-6H2,1-4H3. The third kappa shape index (κ3) is 2.99. The highest BCUT2D eigenvalue weighted by Gasteiger charge is 2.49. The molecule has 0 aliphatic heterocycles. The number of methoxy groups -OCH3 is 2. The van der Waals surface area contributed by atoms with E-state index < -0.39 is 11.2 Å². The van der Waals surface area contributed by atoms with E-state index in [9.17, 15) is 10.2 Å². The van der Waals surface area contributed by atoms with Crippen LogP contribution in [0.2, 0.25) is 0 Å². The molecule has 0 radical (unpaired) electrons. The van der Waals surface area contributed by atoms with Crippen LogP contribution in [0.3, 0.4) is 0 Å². The first-order chi connectivity index (χ1) is 11.4. The summed E-state index contributed by atoms with van der Waals surface area (Å²) in [5, 5.41) is 22.9. The summed E-state index contributed by atoms with van der Waals surface area (Å²) in [6.45, 7) is 3.75. The SMILES string of the molecule is CCC(O)(CC)C(O)(c1ccc(OC)cc1)c1ccc(OC)cc1. The Balaban J connectivity index is 2.63. The second-order valence-electron chi connectivity index (χ2n) is 5.91. The van der Waals surface area contributed by atoms with Crippen LogP contribution in [-0.2, 0) is 5.60 Å². The van der Waals surface area contributed by atoms with Crippen LogP contribution in [0, 0.1) is 0 Å². The molecule has 0 amide bonds. The molecule has 24 heavy (non-hydrogen) atoms. The van der Waals surface area contributed by atoms with Gasteiger partial charge in [0.2, 0.25) is 0 Å². The van der Waals surface area contributed by atoms with Gasteiger partial charge >= 0.3 is 0 Å². The van der Waals surface area contributed by atoms with Crippen LogP contribution in [0.25, 0.3) is 0 Å². The molecule has 4 heteroatoms. The van der Waals surface area contributed by atoms with Crippen LogP contribution in [-0.4, -0.2) is 30.0 Å². The van der Waals surface area contributed by atoms with E-state index in [1.807, 2.05) is 13.8 Å². The summed E-state index contributed by atoms with van der Waals surface area (Å²) in [5.41, 5.74) is -1.58. The van der Waals surface area contributed by atoms with Gasteiger partial charge in [-0.15, -0.1) is 0 Å². The summed E-state index contributed by atoms with van der Waals surface area (Å²) in [6, 6.07) is 14.3. The Bertz CT molecular complexity index is 595. The molecule has 0 aromatic heterocycles. The Kier molecular flexibility index (Phi) is 5.52. The number of aliphatic hydroxyl groups is 2. The number of hydrogen-bond acceptors (Lipinski definition) is 4. The maximum absolute atomic E-state index is 11.7. The summed E-state index contributed by atoms with van der Waals surface area (Å²) in [4.78, 5) is 0. The summed E-state index contributed by atoms with van der Waals surface area (Å²) in [5.74, 6) is 1.40. The Morgan fingerprint density at radius 1 is 0.708 bits per heavy atom. The predicted molar refractivity (Wildman–Crippen MR) is 94.5 cm³/mol. The van der Waals surface area contributed by atoms with Crippen LogP contribution in [0.1, 0.15) is 37.8 Å². The second kappa shape index (κ2) is 7.24.